The summed E-state index contributed by atoms with van der Waals surface area (Å²) < 4.78 is 0. The van der Waals surface area contributed by atoms with Gasteiger partial charge in [-0.1, -0.05) is 6.92 Å². The first-order chi connectivity index (χ1) is 9.97. The van der Waals surface area contributed by atoms with Crippen molar-refractivity contribution in [3.05, 3.63) is 22.2 Å². The SMILES string of the molecule is CCC1(C(=O)O)CCN(C(=O)C=Cc2csc(C)n2)CC1. The van der Waals surface area contributed by atoms with Crippen molar-refractivity contribution in [3.8, 4) is 0 Å². The van der Waals surface area contributed by atoms with Crippen LogP contribution in [0.15, 0.2) is 11.5 Å². The fourth-order valence-corrected chi connectivity index (χ4v) is 3.17. The van der Waals surface area contributed by atoms with E-state index >= 15 is 0 Å². The second-order valence-corrected chi connectivity index (χ2v) is 6.45. The van der Waals surface area contributed by atoms with Crippen LogP contribution < -0.4 is 0 Å². The van der Waals surface area contributed by atoms with Crippen LogP contribution >= 0.6 is 11.3 Å². The molecule has 2 rings (SSSR count). The highest BCUT2D eigenvalue weighted by atomic mass is 32.1. The van der Waals surface area contributed by atoms with E-state index < -0.39 is 11.4 Å². The first kappa shape index (κ1) is 15.7. The lowest BCUT2D eigenvalue weighted by atomic mass is 9.76. The molecule has 1 aliphatic heterocycles. The number of amides is 1. The van der Waals surface area contributed by atoms with E-state index in [0.717, 1.165) is 10.7 Å². The zero-order valence-electron chi connectivity index (χ0n) is 12.3. The van der Waals surface area contributed by atoms with E-state index in [-0.39, 0.29) is 5.91 Å². The molecule has 0 unspecified atom stereocenters. The van der Waals surface area contributed by atoms with Gasteiger partial charge in [0.1, 0.15) is 0 Å². The molecule has 5 nitrogen and oxygen atoms in total. The van der Waals surface area contributed by atoms with E-state index in [1.807, 2.05) is 19.2 Å². The molecule has 0 saturated carbocycles. The van der Waals surface area contributed by atoms with Crippen LogP contribution in [0, 0.1) is 12.3 Å². The molecule has 0 bridgehead atoms. The number of carboxylic acids is 1. The normalized spacial score (nSPS) is 18.1. The smallest absolute Gasteiger partial charge is 0.309 e. The molecule has 0 aliphatic carbocycles. The van der Waals surface area contributed by atoms with Gasteiger partial charge in [0.15, 0.2) is 0 Å². The zero-order valence-corrected chi connectivity index (χ0v) is 13.2. The molecular formula is C15H20N2O3S. The van der Waals surface area contributed by atoms with Gasteiger partial charge in [0.05, 0.1) is 16.1 Å². The van der Waals surface area contributed by atoms with E-state index in [1.54, 1.807) is 22.3 Å². The lowest BCUT2D eigenvalue weighted by Gasteiger charge is -2.37. The summed E-state index contributed by atoms with van der Waals surface area (Å²) in [7, 11) is 0. The molecule has 0 radical (unpaired) electrons. The second kappa shape index (κ2) is 6.39. The Labute approximate surface area is 128 Å². The summed E-state index contributed by atoms with van der Waals surface area (Å²) >= 11 is 1.55. The second-order valence-electron chi connectivity index (χ2n) is 5.39. The first-order valence-corrected chi connectivity index (χ1v) is 7.97. The van der Waals surface area contributed by atoms with Gasteiger partial charge in [0, 0.05) is 24.5 Å². The van der Waals surface area contributed by atoms with E-state index in [2.05, 4.69) is 4.98 Å². The molecule has 2 heterocycles. The van der Waals surface area contributed by atoms with Crippen molar-refractivity contribution in [2.75, 3.05) is 13.1 Å². The summed E-state index contributed by atoms with van der Waals surface area (Å²) in [6, 6.07) is 0. The molecule has 1 N–H and O–H groups in total. The maximum atomic E-state index is 12.1. The highest BCUT2D eigenvalue weighted by Gasteiger charge is 2.40. The van der Waals surface area contributed by atoms with Gasteiger partial charge in [-0.3, -0.25) is 9.59 Å². The van der Waals surface area contributed by atoms with Crippen molar-refractivity contribution in [2.45, 2.75) is 33.1 Å². The Morgan fingerprint density at radius 3 is 2.62 bits per heavy atom. The minimum Gasteiger partial charge on any atom is -0.481 e. The third kappa shape index (κ3) is 3.50. The van der Waals surface area contributed by atoms with Gasteiger partial charge in [-0.25, -0.2) is 4.98 Å². The Bertz CT molecular complexity index is 557. The molecule has 21 heavy (non-hydrogen) atoms. The quantitative estimate of drug-likeness (QED) is 0.868. The summed E-state index contributed by atoms with van der Waals surface area (Å²) in [6.07, 6.45) is 4.89. The fraction of sp³-hybridized carbons (Fsp3) is 0.533. The molecule has 0 atom stereocenters. The Morgan fingerprint density at radius 1 is 1.48 bits per heavy atom. The highest BCUT2D eigenvalue weighted by Crippen LogP contribution is 2.35. The topological polar surface area (TPSA) is 70.5 Å². The molecule has 0 spiro atoms. The van der Waals surface area contributed by atoms with Gasteiger partial charge in [-0.15, -0.1) is 11.3 Å². The largest absolute Gasteiger partial charge is 0.481 e. The molecule has 0 aromatic carbocycles. The maximum Gasteiger partial charge on any atom is 0.309 e. The van der Waals surface area contributed by atoms with Crippen LogP contribution in [0.1, 0.15) is 36.9 Å². The number of rotatable bonds is 4. The maximum absolute atomic E-state index is 12.1. The van der Waals surface area contributed by atoms with Crippen LogP contribution in [-0.2, 0) is 9.59 Å². The van der Waals surface area contributed by atoms with Gasteiger partial charge in [0.25, 0.3) is 0 Å². The summed E-state index contributed by atoms with van der Waals surface area (Å²) in [5.74, 6) is -0.818. The third-order valence-electron chi connectivity index (χ3n) is 4.20. The van der Waals surface area contributed by atoms with E-state index in [1.165, 1.54) is 6.08 Å². The van der Waals surface area contributed by atoms with Gasteiger partial charge in [0.2, 0.25) is 5.91 Å². The van der Waals surface area contributed by atoms with Crippen LogP contribution in [0.4, 0.5) is 0 Å². The number of carbonyl (C=O) groups is 2. The minimum absolute atomic E-state index is 0.0734. The summed E-state index contributed by atoms with van der Waals surface area (Å²) in [6.45, 7) is 4.82. The minimum atomic E-state index is -0.745. The lowest BCUT2D eigenvalue weighted by Crippen LogP contribution is -2.45. The number of aliphatic carboxylic acids is 1. The predicted octanol–water partition coefficient (Wildman–Crippen LogP) is 2.57. The molecule has 114 valence electrons. The number of thiazole rings is 1. The molecular weight excluding hydrogens is 288 g/mol. The summed E-state index contributed by atoms with van der Waals surface area (Å²) in [5.41, 5.74) is 0.128. The monoisotopic (exact) mass is 308 g/mol. The van der Waals surface area contributed by atoms with Crippen molar-refractivity contribution in [3.63, 3.8) is 0 Å². The molecule has 1 aliphatic rings. The van der Waals surface area contributed by atoms with Crippen molar-refractivity contribution >= 4 is 29.3 Å². The summed E-state index contributed by atoms with van der Waals surface area (Å²) in [4.78, 5) is 29.5. The number of aromatic nitrogens is 1. The Kier molecular flexibility index (Phi) is 4.77. The Hall–Kier alpha value is -1.69. The van der Waals surface area contributed by atoms with Crippen LogP contribution in [-0.4, -0.2) is 40.0 Å². The van der Waals surface area contributed by atoms with Crippen molar-refractivity contribution in [2.24, 2.45) is 5.41 Å². The van der Waals surface area contributed by atoms with Crippen molar-refractivity contribution < 1.29 is 14.7 Å². The standard InChI is InChI=1S/C15H20N2O3S/c1-3-15(14(19)20)6-8-17(9-7-15)13(18)5-4-12-10-21-11(2)16-12/h4-5,10H,3,6-9H2,1-2H3,(H,19,20). The number of hydrogen-bond donors (Lipinski definition) is 1. The summed E-state index contributed by atoms with van der Waals surface area (Å²) in [5, 5.41) is 12.2. The van der Waals surface area contributed by atoms with Crippen molar-refractivity contribution in [1.82, 2.24) is 9.88 Å². The fourth-order valence-electron chi connectivity index (χ4n) is 2.59. The third-order valence-corrected chi connectivity index (χ3v) is 4.99. The lowest BCUT2D eigenvalue weighted by molar-refractivity contribution is -0.154. The molecule has 1 saturated heterocycles. The molecule has 1 aromatic rings. The Morgan fingerprint density at radius 2 is 2.14 bits per heavy atom. The average Bonchev–Trinajstić information content (AvgIpc) is 2.90. The van der Waals surface area contributed by atoms with Gasteiger partial charge in [-0.2, -0.15) is 0 Å². The van der Waals surface area contributed by atoms with Crippen LogP contribution in [0.3, 0.4) is 0 Å². The van der Waals surface area contributed by atoms with Gasteiger partial charge >= 0.3 is 5.97 Å². The number of piperidine rings is 1. The van der Waals surface area contributed by atoms with E-state index in [0.29, 0.717) is 32.4 Å². The number of likely N-dealkylation sites (tertiary alicyclic amines) is 1. The van der Waals surface area contributed by atoms with Crippen LogP contribution in [0.5, 0.6) is 0 Å². The predicted molar refractivity (Wildman–Crippen MR) is 82.1 cm³/mol. The number of carbonyl (C=O) groups excluding carboxylic acids is 1. The molecule has 6 heteroatoms. The average molecular weight is 308 g/mol. The molecule has 1 amide bonds. The van der Waals surface area contributed by atoms with E-state index in [9.17, 15) is 14.7 Å². The van der Waals surface area contributed by atoms with E-state index in [4.69, 9.17) is 0 Å². The van der Waals surface area contributed by atoms with Gasteiger partial charge < -0.3 is 10.0 Å². The number of nitrogens with zero attached hydrogens (tertiary/aromatic N) is 2. The number of aryl methyl sites for hydroxylation is 1. The Balaban J connectivity index is 1.94. The van der Waals surface area contributed by atoms with Crippen LogP contribution in [0.25, 0.3) is 6.08 Å². The van der Waals surface area contributed by atoms with Crippen LogP contribution in [0.2, 0.25) is 0 Å². The first-order valence-electron chi connectivity index (χ1n) is 7.09. The van der Waals surface area contributed by atoms with Gasteiger partial charge in [-0.05, 0) is 32.3 Å². The molecule has 1 fully saturated rings. The highest BCUT2D eigenvalue weighted by molar-refractivity contribution is 7.09. The zero-order chi connectivity index (χ0) is 15.5. The number of hydrogen-bond acceptors (Lipinski definition) is 4. The van der Waals surface area contributed by atoms with Crippen molar-refractivity contribution in [1.29, 1.82) is 0 Å². The molecule has 1 aromatic heterocycles. The number of carboxylic acid groups (broad SMARTS) is 1.